The Bertz CT molecular complexity index is 287. The van der Waals surface area contributed by atoms with Gasteiger partial charge >= 0.3 is 0 Å². The highest BCUT2D eigenvalue weighted by Gasteiger charge is 2.44. The van der Waals surface area contributed by atoms with Crippen LogP contribution in [-0.4, -0.2) is 6.04 Å². The third-order valence-electron chi connectivity index (χ3n) is 3.21. The highest BCUT2D eigenvalue weighted by atomic mass is 15.0. The molecule has 2 rings (SSSR count). The maximum Gasteiger partial charge on any atom is 0.0438 e. The first kappa shape index (κ1) is 9.72. The van der Waals surface area contributed by atoms with Crippen LogP contribution < -0.4 is 5.32 Å². The van der Waals surface area contributed by atoms with Gasteiger partial charge in [0.2, 0.25) is 0 Å². The van der Waals surface area contributed by atoms with Gasteiger partial charge in [-0.05, 0) is 31.7 Å². The maximum atomic E-state index is 3.73. The summed E-state index contributed by atoms with van der Waals surface area (Å²) in [6.07, 6.45) is 3.79. The largest absolute Gasteiger partial charge is 0.305 e. The lowest BCUT2D eigenvalue weighted by atomic mass is 10.0. The average Bonchev–Trinajstić information content (AvgIpc) is 3.00. The molecule has 0 radical (unpaired) electrons. The predicted octanol–water partition coefficient (Wildman–Crippen LogP) is 3.06. The van der Waals surface area contributed by atoms with Gasteiger partial charge in [0, 0.05) is 11.6 Å². The summed E-state index contributed by atoms with van der Waals surface area (Å²) in [5.74, 6) is 0. The van der Waals surface area contributed by atoms with E-state index in [1.807, 2.05) is 0 Å². The molecule has 14 heavy (non-hydrogen) atoms. The quantitative estimate of drug-likeness (QED) is 0.767. The molecule has 1 heteroatoms. The number of hydrogen-bond acceptors (Lipinski definition) is 1. The van der Waals surface area contributed by atoms with Crippen LogP contribution in [0.2, 0.25) is 0 Å². The summed E-state index contributed by atoms with van der Waals surface area (Å²) in [6, 6.07) is 11.5. The molecule has 1 atom stereocenters. The summed E-state index contributed by atoms with van der Waals surface area (Å²) in [5, 5.41) is 3.73. The van der Waals surface area contributed by atoms with Gasteiger partial charge in [-0.3, -0.25) is 0 Å². The molecular formula is C13H19N. The van der Waals surface area contributed by atoms with Crippen LogP contribution in [-0.2, 0) is 5.54 Å². The molecule has 76 valence electrons. The van der Waals surface area contributed by atoms with Crippen LogP contribution in [0, 0.1) is 0 Å². The van der Waals surface area contributed by atoms with Crippen molar-refractivity contribution in [2.45, 2.75) is 44.7 Å². The van der Waals surface area contributed by atoms with Gasteiger partial charge in [-0.25, -0.2) is 0 Å². The molecule has 1 aromatic carbocycles. The second kappa shape index (κ2) is 3.74. The fourth-order valence-corrected chi connectivity index (χ4v) is 1.97. The lowest BCUT2D eigenvalue weighted by Gasteiger charge is -2.22. The van der Waals surface area contributed by atoms with Gasteiger partial charge in [0.15, 0.2) is 0 Å². The Morgan fingerprint density at radius 2 is 1.93 bits per heavy atom. The van der Waals surface area contributed by atoms with Crippen LogP contribution in [0.4, 0.5) is 0 Å². The van der Waals surface area contributed by atoms with Gasteiger partial charge in [-0.1, -0.05) is 37.3 Å². The second-order valence-corrected chi connectivity index (χ2v) is 4.40. The lowest BCUT2D eigenvalue weighted by Crippen LogP contribution is -2.36. The van der Waals surface area contributed by atoms with E-state index in [2.05, 4.69) is 49.5 Å². The van der Waals surface area contributed by atoms with E-state index < -0.39 is 0 Å². The molecule has 1 saturated carbocycles. The summed E-state index contributed by atoms with van der Waals surface area (Å²) in [6.45, 7) is 4.50. The Balaban J connectivity index is 2.10. The number of rotatable bonds is 4. The Kier molecular flexibility index (Phi) is 2.60. The van der Waals surface area contributed by atoms with Crippen molar-refractivity contribution in [2.24, 2.45) is 0 Å². The first-order chi connectivity index (χ1) is 6.77. The summed E-state index contributed by atoms with van der Waals surface area (Å²) >= 11 is 0. The monoisotopic (exact) mass is 189 g/mol. The molecule has 0 aromatic heterocycles. The van der Waals surface area contributed by atoms with Crippen molar-refractivity contribution < 1.29 is 0 Å². The van der Waals surface area contributed by atoms with Crippen molar-refractivity contribution in [3.8, 4) is 0 Å². The Morgan fingerprint density at radius 3 is 2.43 bits per heavy atom. The maximum absolute atomic E-state index is 3.73. The Labute approximate surface area is 86.5 Å². The Morgan fingerprint density at radius 1 is 1.29 bits per heavy atom. The fourth-order valence-electron chi connectivity index (χ4n) is 1.97. The molecular weight excluding hydrogens is 170 g/mol. The molecule has 1 unspecified atom stereocenters. The van der Waals surface area contributed by atoms with Crippen LogP contribution in [0.3, 0.4) is 0 Å². The third-order valence-corrected chi connectivity index (χ3v) is 3.21. The van der Waals surface area contributed by atoms with E-state index in [9.17, 15) is 0 Å². The molecule has 0 saturated heterocycles. The Hall–Kier alpha value is -0.820. The number of hydrogen-bond donors (Lipinski definition) is 1. The lowest BCUT2D eigenvalue weighted by molar-refractivity contribution is 0.431. The molecule has 1 aliphatic rings. The highest BCUT2D eigenvalue weighted by Crippen LogP contribution is 2.45. The minimum Gasteiger partial charge on any atom is -0.305 e. The van der Waals surface area contributed by atoms with Crippen LogP contribution in [0.5, 0.6) is 0 Å². The predicted molar refractivity (Wildman–Crippen MR) is 60.2 cm³/mol. The van der Waals surface area contributed by atoms with Crippen molar-refractivity contribution in [1.29, 1.82) is 0 Å². The molecule has 0 bridgehead atoms. The molecule has 1 N–H and O–H groups in total. The molecule has 1 fully saturated rings. The molecule has 0 amide bonds. The van der Waals surface area contributed by atoms with E-state index in [0.29, 0.717) is 11.6 Å². The zero-order valence-corrected chi connectivity index (χ0v) is 9.09. The van der Waals surface area contributed by atoms with Gasteiger partial charge in [0.1, 0.15) is 0 Å². The van der Waals surface area contributed by atoms with Crippen LogP contribution in [0.15, 0.2) is 30.3 Å². The SMILES string of the molecule is CCC(C)NC1(c2ccccc2)CC1. The van der Waals surface area contributed by atoms with Crippen LogP contribution in [0.25, 0.3) is 0 Å². The van der Waals surface area contributed by atoms with Crippen molar-refractivity contribution in [3.05, 3.63) is 35.9 Å². The summed E-state index contributed by atoms with van der Waals surface area (Å²) in [7, 11) is 0. The van der Waals surface area contributed by atoms with Crippen molar-refractivity contribution in [1.82, 2.24) is 5.32 Å². The van der Waals surface area contributed by atoms with E-state index in [0.717, 1.165) is 0 Å². The van der Waals surface area contributed by atoms with Gasteiger partial charge in [-0.2, -0.15) is 0 Å². The fraction of sp³-hybridized carbons (Fsp3) is 0.538. The van der Waals surface area contributed by atoms with Crippen molar-refractivity contribution in [3.63, 3.8) is 0 Å². The average molecular weight is 189 g/mol. The zero-order valence-electron chi connectivity index (χ0n) is 9.09. The molecule has 0 heterocycles. The first-order valence-corrected chi connectivity index (χ1v) is 5.60. The third kappa shape index (κ3) is 1.83. The van der Waals surface area contributed by atoms with Gasteiger partial charge in [0.25, 0.3) is 0 Å². The molecule has 0 spiro atoms. The van der Waals surface area contributed by atoms with Crippen molar-refractivity contribution >= 4 is 0 Å². The minimum atomic E-state index is 0.316. The molecule has 1 nitrogen and oxygen atoms in total. The summed E-state index contributed by atoms with van der Waals surface area (Å²) in [5.41, 5.74) is 1.77. The van der Waals surface area contributed by atoms with E-state index >= 15 is 0 Å². The molecule has 1 aliphatic carbocycles. The zero-order chi connectivity index (χ0) is 10.0. The second-order valence-electron chi connectivity index (χ2n) is 4.40. The molecule has 0 aliphatic heterocycles. The summed E-state index contributed by atoms with van der Waals surface area (Å²) in [4.78, 5) is 0. The van der Waals surface area contributed by atoms with Crippen LogP contribution >= 0.6 is 0 Å². The van der Waals surface area contributed by atoms with Crippen LogP contribution in [0.1, 0.15) is 38.7 Å². The van der Waals surface area contributed by atoms with E-state index in [1.165, 1.54) is 24.8 Å². The topological polar surface area (TPSA) is 12.0 Å². The number of benzene rings is 1. The smallest absolute Gasteiger partial charge is 0.0438 e. The number of nitrogens with one attached hydrogen (secondary N) is 1. The van der Waals surface area contributed by atoms with E-state index in [4.69, 9.17) is 0 Å². The molecule has 1 aromatic rings. The van der Waals surface area contributed by atoms with E-state index in [-0.39, 0.29) is 0 Å². The minimum absolute atomic E-state index is 0.316. The van der Waals surface area contributed by atoms with Gasteiger partial charge in [-0.15, -0.1) is 0 Å². The van der Waals surface area contributed by atoms with Gasteiger partial charge in [0.05, 0.1) is 0 Å². The highest BCUT2D eigenvalue weighted by molar-refractivity contribution is 5.30. The standard InChI is InChI=1S/C13H19N/c1-3-11(2)14-13(9-10-13)12-7-5-4-6-8-12/h4-8,11,14H,3,9-10H2,1-2H3. The van der Waals surface area contributed by atoms with Gasteiger partial charge < -0.3 is 5.32 Å². The van der Waals surface area contributed by atoms with E-state index in [1.54, 1.807) is 0 Å². The first-order valence-electron chi connectivity index (χ1n) is 5.60. The normalized spacial score (nSPS) is 20.4. The summed E-state index contributed by atoms with van der Waals surface area (Å²) < 4.78 is 0. The van der Waals surface area contributed by atoms with Crippen molar-refractivity contribution in [2.75, 3.05) is 0 Å².